The van der Waals surface area contributed by atoms with Crippen LogP contribution in [0.25, 0.3) is 5.76 Å². The predicted molar refractivity (Wildman–Crippen MR) is 117 cm³/mol. The van der Waals surface area contributed by atoms with Gasteiger partial charge in [0.1, 0.15) is 5.76 Å². The van der Waals surface area contributed by atoms with Crippen molar-refractivity contribution in [2.75, 3.05) is 0 Å². The molecule has 1 amide bonds. The van der Waals surface area contributed by atoms with E-state index >= 15 is 0 Å². The van der Waals surface area contributed by atoms with Crippen molar-refractivity contribution in [2.45, 2.75) is 26.4 Å². The number of hydrogen-bond donors (Lipinski definition) is 1. The summed E-state index contributed by atoms with van der Waals surface area (Å²) >= 11 is 0. The van der Waals surface area contributed by atoms with E-state index in [1.807, 2.05) is 92.7 Å². The van der Waals surface area contributed by atoms with E-state index in [0.717, 1.165) is 22.3 Å². The highest BCUT2D eigenvalue weighted by Gasteiger charge is 2.46. The van der Waals surface area contributed by atoms with E-state index in [1.165, 1.54) is 0 Å². The molecule has 1 N–H and O–H groups in total. The lowest BCUT2D eigenvalue weighted by atomic mass is 9.93. The molecule has 4 nitrogen and oxygen atoms in total. The second kappa shape index (κ2) is 7.99. The number of hydrogen-bond acceptors (Lipinski definition) is 3. The SMILES string of the molecule is Cc1ccc(C)c(C(O)=C2C(=O)C(=O)N(Cc3ccccc3)C2c2ccccc2)c1. The Morgan fingerprint density at radius 3 is 2.20 bits per heavy atom. The molecule has 0 radical (unpaired) electrons. The molecule has 1 saturated heterocycles. The molecule has 0 aromatic heterocycles. The largest absolute Gasteiger partial charge is 0.507 e. The van der Waals surface area contributed by atoms with Crippen LogP contribution in [0.2, 0.25) is 0 Å². The molecule has 150 valence electrons. The third-order valence-corrected chi connectivity index (χ3v) is 5.50. The van der Waals surface area contributed by atoms with E-state index in [2.05, 4.69) is 0 Å². The van der Waals surface area contributed by atoms with Crippen molar-refractivity contribution in [3.8, 4) is 0 Å². The van der Waals surface area contributed by atoms with Crippen LogP contribution in [0.4, 0.5) is 0 Å². The van der Waals surface area contributed by atoms with Gasteiger partial charge in [-0.05, 0) is 36.6 Å². The van der Waals surface area contributed by atoms with E-state index in [4.69, 9.17) is 0 Å². The van der Waals surface area contributed by atoms with Gasteiger partial charge in [-0.2, -0.15) is 0 Å². The first kappa shape index (κ1) is 19.6. The van der Waals surface area contributed by atoms with Crippen LogP contribution in [0.15, 0.2) is 84.4 Å². The van der Waals surface area contributed by atoms with Gasteiger partial charge in [0, 0.05) is 12.1 Å². The number of carbonyl (C=O) groups excluding carboxylic acids is 2. The van der Waals surface area contributed by atoms with Gasteiger partial charge in [0.2, 0.25) is 0 Å². The molecule has 4 heteroatoms. The molecular weight excluding hydrogens is 374 g/mol. The van der Waals surface area contributed by atoms with E-state index in [-0.39, 0.29) is 17.9 Å². The first-order valence-electron chi connectivity index (χ1n) is 9.92. The minimum Gasteiger partial charge on any atom is -0.507 e. The number of aliphatic hydroxyl groups excluding tert-OH is 1. The van der Waals surface area contributed by atoms with Crippen molar-refractivity contribution in [1.29, 1.82) is 0 Å². The molecule has 1 heterocycles. The third-order valence-electron chi connectivity index (χ3n) is 5.50. The Balaban J connectivity index is 1.89. The quantitative estimate of drug-likeness (QED) is 0.386. The number of amides is 1. The Hall–Kier alpha value is -3.66. The standard InChI is InChI=1S/C26H23NO3/c1-17-13-14-18(2)21(15-17)24(28)22-23(20-11-7-4-8-12-20)27(26(30)25(22)29)16-19-9-5-3-6-10-19/h3-15,23,28H,16H2,1-2H3. The van der Waals surface area contributed by atoms with Crippen LogP contribution in [-0.2, 0) is 16.1 Å². The monoisotopic (exact) mass is 397 g/mol. The Bertz CT molecular complexity index is 1130. The maximum absolute atomic E-state index is 13.1. The Kier molecular flexibility index (Phi) is 5.23. The van der Waals surface area contributed by atoms with Crippen molar-refractivity contribution < 1.29 is 14.7 Å². The molecule has 3 aromatic carbocycles. The number of aryl methyl sites for hydroxylation is 2. The van der Waals surface area contributed by atoms with Crippen molar-refractivity contribution >= 4 is 17.4 Å². The summed E-state index contributed by atoms with van der Waals surface area (Å²) in [6.07, 6.45) is 0. The van der Waals surface area contributed by atoms with E-state index in [1.54, 1.807) is 4.90 Å². The number of aliphatic hydroxyl groups is 1. The zero-order valence-electron chi connectivity index (χ0n) is 17.0. The molecule has 1 fully saturated rings. The van der Waals surface area contributed by atoms with Gasteiger partial charge in [-0.15, -0.1) is 0 Å². The molecule has 4 rings (SSSR count). The Labute approximate surface area is 176 Å². The van der Waals surface area contributed by atoms with Crippen LogP contribution in [0.3, 0.4) is 0 Å². The van der Waals surface area contributed by atoms with Gasteiger partial charge in [-0.3, -0.25) is 9.59 Å². The van der Waals surface area contributed by atoms with Crippen LogP contribution in [0.5, 0.6) is 0 Å². The fourth-order valence-electron chi connectivity index (χ4n) is 3.94. The lowest BCUT2D eigenvalue weighted by Crippen LogP contribution is -2.29. The number of benzene rings is 3. The summed E-state index contributed by atoms with van der Waals surface area (Å²) in [7, 11) is 0. The van der Waals surface area contributed by atoms with Gasteiger partial charge < -0.3 is 10.0 Å². The van der Waals surface area contributed by atoms with Crippen LogP contribution in [0, 0.1) is 13.8 Å². The summed E-state index contributed by atoms with van der Waals surface area (Å²) < 4.78 is 0. The topological polar surface area (TPSA) is 57.6 Å². The van der Waals surface area contributed by atoms with Gasteiger partial charge >= 0.3 is 0 Å². The van der Waals surface area contributed by atoms with E-state index < -0.39 is 17.7 Å². The first-order chi connectivity index (χ1) is 14.5. The van der Waals surface area contributed by atoms with Gasteiger partial charge in [-0.25, -0.2) is 0 Å². The second-order valence-electron chi connectivity index (χ2n) is 7.64. The number of Topliss-reactive ketones (excluding diaryl/α,β-unsaturated/α-hetero) is 1. The summed E-state index contributed by atoms with van der Waals surface area (Å²) in [5.74, 6) is -1.38. The van der Waals surface area contributed by atoms with E-state index in [9.17, 15) is 14.7 Å². The van der Waals surface area contributed by atoms with Gasteiger partial charge in [0.05, 0.1) is 11.6 Å². The normalized spacial score (nSPS) is 18.1. The van der Waals surface area contributed by atoms with Crippen molar-refractivity contribution in [3.63, 3.8) is 0 Å². The fraction of sp³-hybridized carbons (Fsp3) is 0.154. The van der Waals surface area contributed by atoms with E-state index in [0.29, 0.717) is 5.56 Å². The summed E-state index contributed by atoms with van der Waals surface area (Å²) in [6.45, 7) is 4.10. The van der Waals surface area contributed by atoms with Crippen molar-refractivity contribution in [2.24, 2.45) is 0 Å². The molecule has 3 aromatic rings. The second-order valence-corrected chi connectivity index (χ2v) is 7.64. The summed E-state index contributed by atoms with van der Waals surface area (Å²) in [5.41, 5.74) is 4.24. The molecule has 1 unspecified atom stereocenters. The summed E-state index contributed by atoms with van der Waals surface area (Å²) in [4.78, 5) is 27.7. The number of ketones is 1. The molecule has 1 aliphatic rings. The van der Waals surface area contributed by atoms with Crippen molar-refractivity contribution in [3.05, 3.63) is 112 Å². The summed E-state index contributed by atoms with van der Waals surface area (Å²) in [5, 5.41) is 11.2. The zero-order valence-corrected chi connectivity index (χ0v) is 17.0. The molecule has 1 atom stereocenters. The molecule has 30 heavy (non-hydrogen) atoms. The number of rotatable bonds is 4. The molecule has 0 spiro atoms. The van der Waals surface area contributed by atoms with Gasteiger partial charge in [-0.1, -0.05) is 78.4 Å². The maximum Gasteiger partial charge on any atom is 0.295 e. The third kappa shape index (κ3) is 3.52. The minimum atomic E-state index is -0.654. The zero-order chi connectivity index (χ0) is 21.3. The number of likely N-dealkylation sites (tertiary alicyclic amines) is 1. The average Bonchev–Trinajstić information content (AvgIpc) is 3.01. The fourth-order valence-corrected chi connectivity index (χ4v) is 3.94. The highest BCUT2D eigenvalue weighted by molar-refractivity contribution is 6.46. The Morgan fingerprint density at radius 2 is 1.53 bits per heavy atom. The van der Waals surface area contributed by atoms with Gasteiger partial charge in [0.25, 0.3) is 11.7 Å². The summed E-state index contributed by atoms with van der Waals surface area (Å²) in [6, 6.07) is 24.0. The first-order valence-corrected chi connectivity index (χ1v) is 9.92. The Morgan fingerprint density at radius 1 is 0.900 bits per heavy atom. The molecule has 0 aliphatic carbocycles. The molecule has 0 bridgehead atoms. The lowest BCUT2D eigenvalue weighted by molar-refractivity contribution is -0.140. The van der Waals surface area contributed by atoms with Crippen LogP contribution < -0.4 is 0 Å². The number of carbonyl (C=O) groups is 2. The van der Waals surface area contributed by atoms with Crippen LogP contribution >= 0.6 is 0 Å². The predicted octanol–water partition coefficient (Wildman–Crippen LogP) is 4.93. The average molecular weight is 397 g/mol. The highest BCUT2D eigenvalue weighted by Crippen LogP contribution is 2.40. The van der Waals surface area contributed by atoms with Crippen LogP contribution in [-0.4, -0.2) is 21.7 Å². The molecule has 1 aliphatic heterocycles. The maximum atomic E-state index is 13.1. The molecular formula is C26H23NO3. The molecule has 0 saturated carbocycles. The number of nitrogens with zero attached hydrogens (tertiary/aromatic N) is 1. The van der Waals surface area contributed by atoms with Crippen molar-refractivity contribution in [1.82, 2.24) is 4.90 Å². The van der Waals surface area contributed by atoms with Crippen LogP contribution in [0.1, 0.15) is 33.9 Å². The highest BCUT2D eigenvalue weighted by atomic mass is 16.3. The lowest BCUT2D eigenvalue weighted by Gasteiger charge is -2.25. The van der Waals surface area contributed by atoms with Gasteiger partial charge in [0.15, 0.2) is 0 Å². The smallest absolute Gasteiger partial charge is 0.295 e. The minimum absolute atomic E-state index is 0.126.